The van der Waals surface area contributed by atoms with Crippen LogP contribution in [0.2, 0.25) is 0 Å². The van der Waals surface area contributed by atoms with Crippen molar-refractivity contribution in [3.05, 3.63) is 106 Å². The van der Waals surface area contributed by atoms with Gasteiger partial charge in [0.2, 0.25) is 11.8 Å². The zero-order chi connectivity index (χ0) is 46.4. The summed E-state index contributed by atoms with van der Waals surface area (Å²) in [6, 6.07) is 16.3. The molecule has 6 aliphatic rings. The number of anilines is 3. The molecule has 3 aromatic heterocycles. The van der Waals surface area contributed by atoms with Crippen molar-refractivity contribution in [3.63, 3.8) is 0 Å². The number of hydrogen-bond acceptors (Lipinski definition) is 11. The fraction of sp³-hybridized carbons (Fsp3) is 0.388. The van der Waals surface area contributed by atoms with Gasteiger partial charge in [-0.15, -0.1) is 11.3 Å². The van der Waals surface area contributed by atoms with Gasteiger partial charge in [-0.05, 0) is 104 Å². The molecule has 6 aromatic rings. The van der Waals surface area contributed by atoms with E-state index in [-0.39, 0.29) is 50.8 Å². The van der Waals surface area contributed by atoms with Crippen LogP contribution in [0.5, 0.6) is 0 Å². The fourth-order valence-electron chi connectivity index (χ4n) is 11.5. The lowest BCUT2D eigenvalue weighted by Crippen LogP contribution is -2.52. The lowest BCUT2D eigenvalue weighted by molar-refractivity contribution is -0.133. The molecule has 4 fully saturated rings. The van der Waals surface area contributed by atoms with Crippen molar-refractivity contribution in [2.45, 2.75) is 75.7 Å². The van der Waals surface area contributed by atoms with Gasteiger partial charge in [-0.3, -0.25) is 44.3 Å². The van der Waals surface area contributed by atoms with Gasteiger partial charge in [0.15, 0.2) is 17.0 Å². The van der Waals surface area contributed by atoms with E-state index in [2.05, 4.69) is 52.5 Å². The van der Waals surface area contributed by atoms with Crippen LogP contribution in [0.1, 0.15) is 79.8 Å². The SMILES string of the molecule is Cn1nc(N2CCC(=O)NC2=O)c2ccc(C3CCN(CC(=O)N4C[C@H]5C[C@@H]4CN5c4ccc(-c5cc(F)c6c(c5)C(=O)N(C(C(=O)Nc5nccs5)c5ncn7c5CCC7)C6)cc4)CC3)cc21.[HH].[HH]. The van der Waals surface area contributed by atoms with E-state index in [4.69, 9.17) is 0 Å². The highest BCUT2D eigenvalue weighted by Crippen LogP contribution is 2.40. The summed E-state index contributed by atoms with van der Waals surface area (Å²) in [4.78, 5) is 84.6. The number of likely N-dealkylation sites (tertiary alicyclic amines) is 2. The van der Waals surface area contributed by atoms with Gasteiger partial charge in [0.25, 0.3) is 11.8 Å². The molecule has 68 heavy (non-hydrogen) atoms. The molecule has 2 N–H and O–H groups in total. The maximum Gasteiger partial charge on any atom is 0.329 e. The van der Waals surface area contributed by atoms with Gasteiger partial charge in [-0.2, -0.15) is 5.10 Å². The van der Waals surface area contributed by atoms with Gasteiger partial charge in [-0.25, -0.2) is 19.2 Å². The molecule has 1 unspecified atom stereocenters. The topological polar surface area (TPSA) is 174 Å². The number of piperazine rings is 1. The smallest absolute Gasteiger partial charge is 0.329 e. The molecule has 2 bridgehead atoms. The number of fused-ring (bicyclic) bond motifs is 5. The Kier molecular flexibility index (Phi) is 10.4. The van der Waals surface area contributed by atoms with E-state index in [1.807, 2.05) is 41.9 Å². The predicted octanol–water partition coefficient (Wildman–Crippen LogP) is 5.92. The molecule has 9 heterocycles. The highest BCUT2D eigenvalue weighted by atomic mass is 32.1. The number of rotatable bonds is 10. The molecule has 0 saturated carbocycles. The molecular formula is C49H53FN12O5S. The maximum absolute atomic E-state index is 16.0. The van der Waals surface area contributed by atoms with Gasteiger partial charge in [-0.1, -0.05) is 18.2 Å². The van der Waals surface area contributed by atoms with Crippen LogP contribution in [-0.4, -0.2) is 120 Å². The first-order valence-corrected chi connectivity index (χ1v) is 24.3. The summed E-state index contributed by atoms with van der Waals surface area (Å²) in [5.74, 6) is -0.563. The van der Waals surface area contributed by atoms with Crippen LogP contribution in [0.3, 0.4) is 0 Å². The highest BCUT2D eigenvalue weighted by molar-refractivity contribution is 7.13. The van der Waals surface area contributed by atoms with E-state index in [1.54, 1.807) is 28.7 Å². The number of aromatic nitrogens is 5. The highest BCUT2D eigenvalue weighted by Gasteiger charge is 2.46. The molecule has 12 rings (SSSR count). The second-order valence-corrected chi connectivity index (χ2v) is 19.7. The standard InChI is InChI=1S/C49H49FN12O5S.2H2/c1-56-40-21-30(6-9-35(40)45(55-56)59-17-12-41(63)53-49(59)67)29-10-15-57(16-11-29)26-42(64)61-24-33-22-34(61)23-60(33)32-7-4-28(5-8-32)31-19-36-37(38(50)20-31)25-62(47(36)66)44(46(65)54-48-51-13-18-68-48)43-39-3-2-14-58(39)27-52-43;;/h4-9,13,18-21,27,29,33-34,44H,2-3,10-12,14-17,22-26H2,1H3,(H,51,54,65)(H,53,63,67);2*1H/t33-,34-,44?;;/m1../s1. The van der Waals surface area contributed by atoms with Crippen molar-refractivity contribution in [3.8, 4) is 11.1 Å². The van der Waals surface area contributed by atoms with Crippen molar-refractivity contribution < 1.29 is 31.2 Å². The van der Waals surface area contributed by atoms with Crippen LogP contribution in [0.4, 0.5) is 25.8 Å². The average Bonchev–Trinajstić information content (AvgIpc) is 4.22. The van der Waals surface area contributed by atoms with Crippen molar-refractivity contribution in [1.82, 2.24) is 44.3 Å². The Morgan fingerprint density at radius 1 is 0.956 bits per heavy atom. The Hall–Kier alpha value is -6.99. The number of halogens is 1. The van der Waals surface area contributed by atoms with E-state index < -0.39 is 29.7 Å². The number of carbonyl (C=O) groups is 5. The number of piperidine rings is 1. The first-order valence-electron chi connectivity index (χ1n) is 23.4. The molecular weight excluding hydrogens is 888 g/mol. The number of carbonyl (C=O) groups excluding carboxylic acids is 5. The zero-order valence-electron chi connectivity index (χ0n) is 37.4. The van der Waals surface area contributed by atoms with E-state index in [9.17, 15) is 24.0 Å². The lowest BCUT2D eigenvalue weighted by atomic mass is 9.89. The molecule has 3 atom stereocenters. The first-order chi connectivity index (χ1) is 33.0. The van der Waals surface area contributed by atoms with Crippen LogP contribution in [0.15, 0.2) is 72.5 Å². The first kappa shape index (κ1) is 42.4. The Morgan fingerprint density at radius 3 is 2.56 bits per heavy atom. The largest absolute Gasteiger partial charge is 0.365 e. The molecule has 0 radical (unpaired) electrons. The van der Waals surface area contributed by atoms with Crippen molar-refractivity contribution in [2.24, 2.45) is 7.05 Å². The minimum Gasteiger partial charge on any atom is -0.365 e. The number of imidazole rings is 1. The quantitative estimate of drug-likeness (QED) is 0.168. The van der Waals surface area contributed by atoms with Gasteiger partial charge in [0, 0.05) is 88.0 Å². The minimum absolute atomic E-state index is 0. The van der Waals surface area contributed by atoms with Crippen LogP contribution in [-0.2, 0) is 40.9 Å². The predicted molar refractivity (Wildman–Crippen MR) is 256 cm³/mol. The Balaban J connectivity index is 0.00000284. The van der Waals surface area contributed by atoms with E-state index in [0.717, 1.165) is 86.1 Å². The summed E-state index contributed by atoms with van der Waals surface area (Å²) in [5.41, 5.74) is 6.46. The molecule has 17 nitrogen and oxygen atoms in total. The third-order valence-electron chi connectivity index (χ3n) is 15.0. The Bertz CT molecular complexity index is 3050. The summed E-state index contributed by atoms with van der Waals surface area (Å²) in [7, 11) is 1.87. The van der Waals surface area contributed by atoms with Gasteiger partial charge < -0.3 is 19.3 Å². The maximum atomic E-state index is 16.0. The van der Waals surface area contributed by atoms with Gasteiger partial charge in [0.1, 0.15) is 5.82 Å². The third-order valence-corrected chi connectivity index (χ3v) is 15.7. The van der Waals surface area contributed by atoms with Gasteiger partial charge >= 0.3 is 6.03 Å². The van der Waals surface area contributed by atoms with E-state index >= 15 is 4.39 Å². The summed E-state index contributed by atoms with van der Waals surface area (Å²) in [6.45, 7) is 4.50. The van der Waals surface area contributed by atoms with Crippen molar-refractivity contribution >= 4 is 68.5 Å². The van der Waals surface area contributed by atoms with Crippen LogP contribution < -0.4 is 20.4 Å². The summed E-state index contributed by atoms with van der Waals surface area (Å²) in [5, 5.41) is 12.9. The molecule has 6 aliphatic heterocycles. The minimum atomic E-state index is -1.05. The molecule has 6 amide bonds. The Labute approximate surface area is 397 Å². The second-order valence-electron chi connectivity index (χ2n) is 18.8. The van der Waals surface area contributed by atoms with Crippen LogP contribution in [0.25, 0.3) is 22.0 Å². The zero-order valence-corrected chi connectivity index (χ0v) is 38.3. The lowest BCUT2D eigenvalue weighted by Gasteiger charge is -2.37. The number of nitrogens with one attached hydrogen (secondary N) is 2. The number of thiazole rings is 1. The van der Waals surface area contributed by atoms with Crippen LogP contribution >= 0.6 is 11.3 Å². The van der Waals surface area contributed by atoms with E-state index in [0.29, 0.717) is 47.8 Å². The molecule has 0 aliphatic carbocycles. The van der Waals surface area contributed by atoms with Gasteiger partial charge in [0.05, 0.1) is 36.7 Å². The van der Waals surface area contributed by atoms with Crippen molar-refractivity contribution in [1.29, 1.82) is 0 Å². The third kappa shape index (κ3) is 7.29. The summed E-state index contributed by atoms with van der Waals surface area (Å²) < 4.78 is 19.8. The van der Waals surface area contributed by atoms with E-state index in [1.165, 1.54) is 32.8 Å². The molecule has 19 heteroatoms. The number of aryl methyl sites for hydroxylation is 2. The molecule has 4 saturated heterocycles. The fourth-order valence-corrected chi connectivity index (χ4v) is 12.0. The number of amides is 6. The normalized spacial score (nSPS) is 21.0. The summed E-state index contributed by atoms with van der Waals surface area (Å²) in [6.07, 6.45) is 7.98. The van der Waals surface area contributed by atoms with Crippen LogP contribution in [0, 0.1) is 5.82 Å². The Morgan fingerprint density at radius 2 is 1.79 bits per heavy atom. The number of benzene rings is 3. The number of urea groups is 1. The summed E-state index contributed by atoms with van der Waals surface area (Å²) >= 11 is 1.28. The average molecular weight is 941 g/mol. The number of hydrogen-bond donors (Lipinski definition) is 2. The van der Waals surface area contributed by atoms with Crippen molar-refractivity contribution in [2.75, 3.05) is 54.4 Å². The monoisotopic (exact) mass is 940 g/mol. The number of imide groups is 1. The molecule has 352 valence electrons. The number of nitrogens with zero attached hydrogens (tertiary/aromatic N) is 10. The molecule has 3 aromatic carbocycles. The molecule has 0 spiro atoms. The second kappa shape index (κ2) is 16.7.